The van der Waals surface area contributed by atoms with E-state index in [2.05, 4.69) is 57.9 Å². The molecule has 0 bridgehead atoms. The Bertz CT molecular complexity index is 969. The molecule has 1 rings (SSSR count). The number of amides is 2. The molecular formula is C64H130N6O2. The zero-order valence-electron chi connectivity index (χ0n) is 49.6. The second-order valence-electron chi connectivity index (χ2n) is 23.0. The molecule has 1 saturated heterocycles. The van der Waals surface area contributed by atoms with Crippen molar-refractivity contribution in [3.05, 3.63) is 0 Å². The maximum absolute atomic E-state index is 13.0. The van der Waals surface area contributed by atoms with E-state index in [1.165, 1.54) is 257 Å². The highest BCUT2D eigenvalue weighted by atomic mass is 16.2. The molecule has 0 radical (unpaired) electrons. The summed E-state index contributed by atoms with van der Waals surface area (Å²) < 4.78 is 0. The molecular weight excluding hydrogens is 885 g/mol. The highest BCUT2D eigenvalue weighted by Crippen LogP contribution is 2.16. The number of carbonyl (C=O) groups is 2. The Kier molecular flexibility index (Phi) is 53.5. The van der Waals surface area contributed by atoms with Gasteiger partial charge in [0.25, 0.3) is 0 Å². The summed E-state index contributed by atoms with van der Waals surface area (Å²) >= 11 is 0. The first kappa shape index (κ1) is 68.8. The fourth-order valence-corrected chi connectivity index (χ4v) is 11.0. The lowest BCUT2D eigenvalue weighted by Gasteiger charge is -2.34. The largest absolute Gasteiger partial charge is 0.356 e. The minimum atomic E-state index is 0.231. The molecule has 8 heteroatoms. The molecule has 0 aromatic carbocycles. The van der Waals surface area contributed by atoms with Gasteiger partial charge in [0.05, 0.1) is 0 Å². The highest BCUT2D eigenvalue weighted by molar-refractivity contribution is 5.76. The smallest absolute Gasteiger partial charge is 0.221 e. The maximum Gasteiger partial charge on any atom is 0.221 e. The Balaban J connectivity index is 2.27. The van der Waals surface area contributed by atoms with Crippen LogP contribution in [-0.2, 0) is 9.59 Å². The van der Waals surface area contributed by atoms with E-state index in [9.17, 15) is 9.59 Å². The third-order valence-electron chi connectivity index (χ3n) is 16.0. The number of nitrogens with one attached hydrogen (secondary N) is 2. The van der Waals surface area contributed by atoms with Crippen LogP contribution in [0.4, 0.5) is 0 Å². The Labute approximate surface area is 451 Å². The van der Waals surface area contributed by atoms with Gasteiger partial charge in [-0.25, -0.2) is 0 Å². The van der Waals surface area contributed by atoms with E-state index in [-0.39, 0.29) is 11.8 Å². The lowest BCUT2D eigenvalue weighted by atomic mass is 10.1. The third-order valence-corrected chi connectivity index (χ3v) is 16.0. The van der Waals surface area contributed by atoms with Gasteiger partial charge in [-0.2, -0.15) is 0 Å². The Morgan fingerprint density at radius 2 is 0.500 bits per heavy atom. The van der Waals surface area contributed by atoms with Crippen molar-refractivity contribution >= 4 is 11.8 Å². The highest BCUT2D eigenvalue weighted by Gasteiger charge is 2.17. The van der Waals surface area contributed by atoms with E-state index in [0.717, 1.165) is 104 Å². The molecule has 0 aromatic rings. The van der Waals surface area contributed by atoms with Gasteiger partial charge in [0.2, 0.25) is 11.8 Å². The first-order chi connectivity index (χ1) is 35.5. The molecule has 72 heavy (non-hydrogen) atoms. The number of carbonyl (C=O) groups excluding carboxylic acids is 2. The Hall–Kier alpha value is -1.22. The van der Waals surface area contributed by atoms with E-state index in [1.807, 2.05) is 0 Å². The summed E-state index contributed by atoms with van der Waals surface area (Å²) in [5.74, 6) is 0.461. The molecule has 0 saturated carbocycles. The summed E-state index contributed by atoms with van der Waals surface area (Å²) in [5.41, 5.74) is 0. The number of unbranched alkanes of at least 4 members (excludes halogenated alkanes) is 36. The minimum absolute atomic E-state index is 0.231. The molecule has 0 unspecified atom stereocenters. The monoisotopic (exact) mass is 1020 g/mol. The average Bonchev–Trinajstić information content (AvgIpc) is 3.39. The van der Waals surface area contributed by atoms with Gasteiger partial charge >= 0.3 is 0 Å². The number of hydrogen-bond donors (Lipinski definition) is 2. The van der Waals surface area contributed by atoms with Gasteiger partial charge in [0, 0.05) is 65.2 Å². The second-order valence-corrected chi connectivity index (χ2v) is 23.0. The molecule has 0 atom stereocenters. The van der Waals surface area contributed by atoms with E-state index in [0.29, 0.717) is 12.8 Å². The van der Waals surface area contributed by atoms with Gasteiger partial charge in [-0.3, -0.25) is 9.59 Å². The molecule has 1 aliphatic heterocycles. The van der Waals surface area contributed by atoms with Crippen molar-refractivity contribution in [1.29, 1.82) is 0 Å². The Morgan fingerprint density at radius 1 is 0.292 bits per heavy atom. The molecule has 2 N–H and O–H groups in total. The Morgan fingerprint density at radius 3 is 0.722 bits per heavy atom. The van der Waals surface area contributed by atoms with Crippen molar-refractivity contribution in [2.75, 3.05) is 91.6 Å². The molecule has 0 aromatic heterocycles. The summed E-state index contributed by atoms with van der Waals surface area (Å²) in [4.78, 5) is 36.3. The van der Waals surface area contributed by atoms with Crippen LogP contribution >= 0.6 is 0 Å². The van der Waals surface area contributed by atoms with Crippen LogP contribution in [0.3, 0.4) is 0 Å². The summed E-state index contributed by atoms with van der Waals surface area (Å²) in [5, 5.41) is 6.54. The topological polar surface area (TPSA) is 71.2 Å². The molecule has 2 amide bonds. The zero-order chi connectivity index (χ0) is 51.9. The van der Waals surface area contributed by atoms with Gasteiger partial charge < -0.3 is 30.2 Å². The number of rotatable bonds is 58. The quantitative estimate of drug-likeness (QED) is 0.0592. The van der Waals surface area contributed by atoms with Crippen molar-refractivity contribution in [3.63, 3.8) is 0 Å². The predicted octanol–water partition coefficient (Wildman–Crippen LogP) is 16.7. The van der Waals surface area contributed by atoms with Crippen molar-refractivity contribution in [2.45, 2.75) is 310 Å². The average molecular weight is 1020 g/mol. The van der Waals surface area contributed by atoms with E-state index < -0.39 is 0 Å². The molecule has 1 aliphatic rings. The third kappa shape index (κ3) is 48.4. The predicted molar refractivity (Wildman–Crippen MR) is 318 cm³/mol. The van der Waals surface area contributed by atoms with Crippen LogP contribution in [0.15, 0.2) is 0 Å². The van der Waals surface area contributed by atoms with Crippen LogP contribution in [0.2, 0.25) is 0 Å². The number of nitrogens with zero attached hydrogens (tertiary/aromatic N) is 4. The van der Waals surface area contributed by atoms with Crippen LogP contribution in [0.25, 0.3) is 0 Å². The SMILES string of the molecule is CCCCCCCCCCCCN(CCCCCCCCCCCC)CCC(=O)NCCCN1CCN(CCCNC(=O)CCN(CCCCCCCCCCCC)CCCCCCCCCCCC)CC1. The van der Waals surface area contributed by atoms with Crippen LogP contribution in [0, 0.1) is 0 Å². The van der Waals surface area contributed by atoms with Crippen LogP contribution < -0.4 is 10.6 Å². The van der Waals surface area contributed by atoms with E-state index >= 15 is 0 Å². The van der Waals surface area contributed by atoms with Crippen molar-refractivity contribution in [1.82, 2.24) is 30.2 Å². The summed E-state index contributed by atoms with van der Waals surface area (Å²) in [6.07, 6.45) is 58.3. The summed E-state index contributed by atoms with van der Waals surface area (Å²) in [7, 11) is 0. The minimum Gasteiger partial charge on any atom is -0.356 e. The summed E-state index contributed by atoms with van der Waals surface area (Å²) in [6, 6.07) is 0. The second kappa shape index (κ2) is 56.0. The number of piperazine rings is 1. The van der Waals surface area contributed by atoms with Crippen molar-refractivity contribution in [3.8, 4) is 0 Å². The van der Waals surface area contributed by atoms with E-state index in [4.69, 9.17) is 0 Å². The lowest BCUT2D eigenvalue weighted by molar-refractivity contribution is -0.122. The van der Waals surface area contributed by atoms with E-state index in [1.54, 1.807) is 0 Å². The standard InChI is InChI=1S/C64H130N6O2/c1-5-9-13-17-21-25-29-33-37-41-51-67(52-42-38-34-30-26-22-18-14-10-6-2)57-47-63(71)65-49-45-55-69-59-61-70(62-60-69)56-46-50-66-64(72)48-58-68(53-43-39-35-31-27-23-19-15-11-7-3)54-44-40-36-32-28-24-20-16-12-8-4/h5-62H2,1-4H3,(H,65,71)(H,66,72). The van der Waals surface area contributed by atoms with Crippen LogP contribution in [0.5, 0.6) is 0 Å². The van der Waals surface area contributed by atoms with Gasteiger partial charge in [-0.15, -0.1) is 0 Å². The van der Waals surface area contributed by atoms with Crippen LogP contribution in [-0.4, -0.2) is 123 Å². The number of hydrogen-bond acceptors (Lipinski definition) is 6. The molecule has 428 valence electrons. The van der Waals surface area contributed by atoms with Gasteiger partial charge in [0.15, 0.2) is 0 Å². The lowest BCUT2D eigenvalue weighted by Crippen LogP contribution is -2.47. The maximum atomic E-state index is 13.0. The molecule has 8 nitrogen and oxygen atoms in total. The van der Waals surface area contributed by atoms with Gasteiger partial charge in [0.1, 0.15) is 0 Å². The molecule has 0 aliphatic carbocycles. The van der Waals surface area contributed by atoms with Crippen molar-refractivity contribution in [2.24, 2.45) is 0 Å². The van der Waals surface area contributed by atoms with Gasteiger partial charge in [-0.1, -0.05) is 259 Å². The molecule has 1 heterocycles. The van der Waals surface area contributed by atoms with Crippen molar-refractivity contribution < 1.29 is 9.59 Å². The normalized spacial score (nSPS) is 13.5. The fourth-order valence-electron chi connectivity index (χ4n) is 11.0. The fraction of sp³-hybridized carbons (Fsp3) is 0.969. The molecule has 1 fully saturated rings. The summed E-state index contributed by atoms with van der Waals surface area (Å²) in [6.45, 7) is 23.7. The first-order valence-corrected chi connectivity index (χ1v) is 32.9. The molecule has 0 spiro atoms. The zero-order valence-corrected chi connectivity index (χ0v) is 49.6. The first-order valence-electron chi connectivity index (χ1n) is 32.9. The van der Waals surface area contributed by atoms with Gasteiger partial charge in [-0.05, 0) is 77.8 Å². The van der Waals surface area contributed by atoms with Crippen LogP contribution in [0.1, 0.15) is 310 Å².